The third-order valence-electron chi connectivity index (χ3n) is 14.5. The molecule has 306 valence electrons. The molecule has 1 amide bonds. The zero-order valence-electron chi connectivity index (χ0n) is 32.8. The number of aliphatic hydroxyl groups excluding tert-OH is 1. The van der Waals surface area contributed by atoms with Crippen molar-refractivity contribution < 1.29 is 48.8 Å². The van der Waals surface area contributed by atoms with Gasteiger partial charge in [0.2, 0.25) is 5.91 Å². The second-order valence-electron chi connectivity index (χ2n) is 17.6. The summed E-state index contributed by atoms with van der Waals surface area (Å²) in [5, 5.41) is 49.8. The van der Waals surface area contributed by atoms with Crippen LogP contribution in [0.2, 0.25) is 0 Å². The molecule has 0 radical (unpaired) electrons. The number of aliphatic carboxylic acids is 2. The highest BCUT2D eigenvalue weighted by Crippen LogP contribution is 2.71. The number of aliphatic hydroxyl groups is 2. The van der Waals surface area contributed by atoms with Gasteiger partial charge in [0, 0.05) is 53.2 Å². The Morgan fingerprint density at radius 2 is 1.76 bits per heavy atom. The minimum atomic E-state index is -2.22. The van der Waals surface area contributed by atoms with Crippen molar-refractivity contribution in [2.45, 2.75) is 89.0 Å². The fourth-order valence-corrected chi connectivity index (χ4v) is 11.3. The first-order chi connectivity index (χ1) is 27.3. The molecule has 0 aliphatic heterocycles. The van der Waals surface area contributed by atoms with E-state index in [1.165, 1.54) is 18.2 Å². The number of hydrogen-bond donors (Lipinski definition) is 6. The fourth-order valence-electron chi connectivity index (χ4n) is 11.3. The first kappa shape index (κ1) is 41.1. The standard InChI is InChI=1S/C45H50FN3O9/c1-25-16-35-34-11-9-30-18-32(50)12-14-41(30,2)44(34,46)36(51)20-42(35,3)45(25,58)37(52)21-43(40(56)57,22-38(53)54)19-26-4-6-27(7-5-26)33(23-47)39(55)49-31-10-8-29-24-48-15-13-28(29)17-31/h4-8,10,12-15,17-18,24-25,33-36,51,58H,9,11,16,19-23,47H2,1-3H3,(H,49,55)(H,53,54)(H,56,57)/t25-,33?,34+,35+,36+,41+,42+,43?,44+,45+/m1/s1. The molecular formula is C45H50FN3O9. The molecule has 0 bridgehead atoms. The van der Waals surface area contributed by atoms with E-state index in [-0.39, 0.29) is 37.5 Å². The van der Waals surface area contributed by atoms with Crippen LogP contribution in [0.4, 0.5) is 10.1 Å². The quantitative estimate of drug-likeness (QED) is 0.138. The monoisotopic (exact) mass is 795 g/mol. The summed E-state index contributed by atoms with van der Waals surface area (Å²) >= 11 is 0. The van der Waals surface area contributed by atoms with E-state index < -0.39 is 94.3 Å². The minimum Gasteiger partial charge on any atom is -0.481 e. The number of allylic oxidation sites excluding steroid dienone is 4. The maximum absolute atomic E-state index is 17.7. The van der Waals surface area contributed by atoms with Crippen LogP contribution in [0.5, 0.6) is 0 Å². The molecule has 3 fully saturated rings. The highest BCUT2D eigenvalue weighted by molar-refractivity contribution is 6.01. The van der Waals surface area contributed by atoms with E-state index in [9.17, 15) is 44.4 Å². The molecule has 3 saturated carbocycles. The first-order valence-electron chi connectivity index (χ1n) is 19.8. The lowest BCUT2D eigenvalue weighted by Crippen LogP contribution is -2.69. The van der Waals surface area contributed by atoms with Gasteiger partial charge in [-0.1, -0.05) is 55.8 Å². The van der Waals surface area contributed by atoms with Crippen LogP contribution in [0.25, 0.3) is 10.8 Å². The number of carboxylic acids is 2. The molecule has 1 heterocycles. The van der Waals surface area contributed by atoms with Gasteiger partial charge in [0.15, 0.2) is 17.2 Å². The highest BCUT2D eigenvalue weighted by atomic mass is 19.1. The number of aromatic nitrogens is 1. The summed E-state index contributed by atoms with van der Waals surface area (Å²) < 4.78 is 17.7. The molecule has 7 rings (SSSR count). The molecule has 7 N–H and O–H groups in total. The third-order valence-corrected chi connectivity index (χ3v) is 14.5. The Morgan fingerprint density at radius 1 is 1.03 bits per heavy atom. The van der Waals surface area contributed by atoms with E-state index in [1.807, 2.05) is 18.2 Å². The maximum Gasteiger partial charge on any atom is 0.311 e. The molecule has 4 aliphatic carbocycles. The Morgan fingerprint density at radius 3 is 2.43 bits per heavy atom. The molecule has 10 atom stereocenters. The summed E-state index contributed by atoms with van der Waals surface area (Å²) in [7, 11) is 0. The summed E-state index contributed by atoms with van der Waals surface area (Å²) in [6.07, 6.45) is 4.38. The molecule has 58 heavy (non-hydrogen) atoms. The SMILES string of the molecule is C[C@@H]1C[C@H]2[C@@H]3CCC4=CC(=O)C=C[C@]4(C)[C@@]3(F)[C@@H](O)C[C@]2(C)[C@@]1(O)C(=O)CC(CC(=O)O)(Cc1ccc(C(CN)C(=O)Nc2ccc3cnccc3c2)cc1)C(=O)O. The Balaban J connectivity index is 1.14. The van der Waals surface area contributed by atoms with Crippen molar-refractivity contribution in [1.82, 2.24) is 4.98 Å². The van der Waals surface area contributed by atoms with Gasteiger partial charge in [-0.15, -0.1) is 0 Å². The largest absolute Gasteiger partial charge is 0.481 e. The van der Waals surface area contributed by atoms with Gasteiger partial charge < -0.3 is 31.5 Å². The van der Waals surface area contributed by atoms with E-state index in [0.717, 1.165) is 10.8 Å². The van der Waals surface area contributed by atoms with E-state index in [2.05, 4.69) is 10.3 Å². The molecular weight excluding hydrogens is 746 g/mol. The van der Waals surface area contributed by atoms with E-state index in [4.69, 9.17) is 5.73 Å². The number of fused-ring (bicyclic) bond motifs is 6. The summed E-state index contributed by atoms with van der Waals surface area (Å²) in [4.78, 5) is 69.9. The van der Waals surface area contributed by atoms with Gasteiger partial charge in [-0.3, -0.25) is 29.0 Å². The normalized spacial score (nSPS) is 32.9. The predicted molar refractivity (Wildman–Crippen MR) is 212 cm³/mol. The molecule has 13 heteroatoms. The van der Waals surface area contributed by atoms with Crippen LogP contribution in [0, 0.1) is 34.0 Å². The molecule has 0 saturated heterocycles. The van der Waals surface area contributed by atoms with Crippen LogP contribution < -0.4 is 11.1 Å². The van der Waals surface area contributed by atoms with Crippen molar-refractivity contribution in [1.29, 1.82) is 0 Å². The van der Waals surface area contributed by atoms with Crippen molar-refractivity contribution in [3.63, 3.8) is 0 Å². The van der Waals surface area contributed by atoms with Crippen LogP contribution >= 0.6 is 0 Å². The average molecular weight is 796 g/mol. The van der Waals surface area contributed by atoms with E-state index >= 15 is 4.39 Å². The number of halogens is 1. The number of alkyl halides is 1. The number of carbonyl (C=O) groups excluding carboxylic acids is 3. The van der Waals surface area contributed by atoms with Crippen LogP contribution in [-0.4, -0.2) is 78.7 Å². The van der Waals surface area contributed by atoms with Crippen LogP contribution in [0.15, 0.2) is 84.7 Å². The zero-order chi connectivity index (χ0) is 42.0. The number of pyridine rings is 1. The number of benzene rings is 2. The van der Waals surface area contributed by atoms with Crippen LogP contribution in [-0.2, 0) is 30.4 Å². The van der Waals surface area contributed by atoms with E-state index in [0.29, 0.717) is 28.8 Å². The van der Waals surface area contributed by atoms with Crippen molar-refractivity contribution >= 4 is 45.9 Å². The predicted octanol–water partition coefficient (Wildman–Crippen LogP) is 5.31. The lowest BCUT2D eigenvalue weighted by Gasteiger charge is -2.62. The van der Waals surface area contributed by atoms with Gasteiger partial charge >= 0.3 is 11.9 Å². The molecule has 4 aliphatic rings. The second kappa shape index (κ2) is 14.6. The maximum atomic E-state index is 17.7. The van der Waals surface area contributed by atoms with Crippen LogP contribution in [0.3, 0.4) is 0 Å². The third kappa shape index (κ3) is 6.29. The second-order valence-corrected chi connectivity index (χ2v) is 17.6. The van der Waals surface area contributed by atoms with Gasteiger partial charge in [0.25, 0.3) is 0 Å². The average Bonchev–Trinajstić information content (AvgIpc) is 3.37. The van der Waals surface area contributed by atoms with Gasteiger partial charge in [-0.25, -0.2) is 4.39 Å². The van der Waals surface area contributed by atoms with E-state index in [1.54, 1.807) is 63.5 Å². The van der Waals surface area contributed by atoms with Gasteiger partial charge in [-0.2, -0.15) is 0 Å². The lowest BCUT2D eigenvalue weighted by atomic mass is 9.44. The van der Waals surface area contributed by atoms with Crippen molar-refractivity contribution in [3.8, 4) is 0 Å². The van der Waals surface area contributed by atoms with Gasteiger partial charge in [0.05, 0.1) is 23.9 Å². The van der Waals surface area contributed by atoms with Crippen molar-refractivity contribution in [3.05, 3.63) is 95.9 Å². The molecule has 12 nitrogen and oxygen atoms in total. The molecule has 2 aromatic carbocycles. The summed E-state index contributed by atoms with van der Waals surface area (Å²) in [6, 6.07) is 13.6. The summed E-state index contributed by atoms with van der Waals surface area (Å²) in [5.41, 5.74) is -1.17. The lowest BCUT2D eigenvalue weighted by molar-refractivity contribution is -0.219. The highest BCUT2D eigenvalue weighted by Gasteiger charge is 2.75. The number of nitrogens with two attached hydrogens (primary N) is 1. The number of hydrogen-bond acceptors (Lipinski definition) is 9. The molecule has 1 aromatic heterocycles. The Hall–Kier alpha value is -5.11. The molecule has 0 spiro atoms. The Bertz CT molecular complexity index is 2260. The molecule has 3 aromatic rings. The number of nitrogens with zero attached hydrogens (tertiary/aromatic N) is 1. The van der Waals surface area contributed by atoms with Crippen molar-refractivity contribution in [2.24, 2.45) is 39.7 Å². The number of carboxylic acid groups (broad SMARTS) is 2. The number of amides is 1. The first-order valence-corrected chi connectivity index (χ1v) is 19.8. The van der Waals surface area contributed by atoms with Gasteiger partial charge in [0.1, 0.15) is 5.60 Å². The van der Waals surface area contributed by atoms with Crippen molar-refractivity contribution in [2.75, 3.05) is 11.9 Å². The minimum absolute atomic E-state index is 0.0433. The number of nitrogens with one attached hydrogen (secondary N) is 1. The Kier molecular flexibility index (Phi) is 10.3. The van der Waals surface area contributed by atoms with Crippen LogP contribution in [0.1, 0.15) is 76.3 Å². The number of ketones is 2. The number of Topliss-reactive ketones (excluding diaryl/α,β-unsaturated/α-hetero) is 1. The summed E-state index contributed by atoms with van der Waals surface area (Å²) in [5.74, 6) is -7.44. The summed E-state index contributed by atoms with van der Waals surface area (Å²) in [6.45, 7) is 4.93. The number of rotatable bonds is 12. The molecule has 2 unspecified atom stereocenters. The number of anilines is 1. The Labute approximate surface area is 335 Å². The number of carbonyl (C=O) groups is 5. The zero-order valence-corrected chi connectivity index (χ0v) is 32.8. The fraction of sp³-hybridized carbons (Fsp3) is 0.467. The smallest absolute Gasteiger partial charge is 0.311 e. The van der Waals surface area contributed by atoms with Gasteiger partial charge in [-0.05, 0) is 97.7 Å². The topological polar surface area (TPSA) is 217 Å².